The largest absolute Gasteiger partial charge is 0.573 e. The molecule has 0 saturated carbocycles. The minimum absolute atomic E-state index is 0.279. The van der Waals surface area contributed by atoms with Crippen molar-refractivity contribution in [3.8, 4) is 11.4 Å². The zero-order valence-corrected chi connectivity index (χ0v) is 13.5. The van der Waals surface area contributed by atoms with E-state index in [0.717, 1.165) is 17.4 Å². The molecule has 8 heteroatoms. The van der Waals surface area contributed by atoms with Crippen LogP contribution in [-0.4, -0.2) is 21.1 Å². The Labute approximate surface area is 138 Å². The average molecular weight is 386 g/mol. The summed E-state index contributed by atoms with van der Waals surface area (Å²) in [6, 6.07) is 7.40. The molecule has 0 saturated heterocycles. The van der Waals surface area contributed by atoms with E-state index in [0.29, 0.717) is 15.9 Å². The van der Waals surface area contributed by atoms with Crippen molar-refractivity contribution in [2.75, 3.05) is 0 Å². The van der Waals surface area contributed by atoms with Crippen LogP contribution in [0.3, 0.4) is 0 Å². The molecule has 0 aliphatic heterocycles. The molecule has 0 radical (unpaired) electrons. The Balaban J connectivity index is 2.04. The van der Waals surface area contributed by atoms with Crippen LogP contribution in [0.15, 0.2) is 41.1 Å². The third kappa shape index (κ3) is 3.17. The molecule has 23 heavy (non-hydrogen) atoms. The van der Waals surface area contributed by atoms with Crippen LogP contribution in [0.4, 0.5) is 13.2 Å². The molecule has 2 heterocycles. The van der Waals surface area contributed by atoms with Crippen molar-refractivity contribution in [2.24, 2.45) is 0 Å². The average Bonchev–Trinajstić information content (AvgIpc) is 2.84. The van der Waals surface area contributed by atoms with E-state index in [1.54, 1.807) is 10.9 Å². The first-order chi connectivity index (χ1) is 10.9. The quantitative estimate of drug-likeness (QED) is 0.658. The van der Waals surface area contributed by atoms with Gasteiger partial charge in [0.1, 0.15) is 10.4 Å². The standard InChI is InChI=1S/C15H11BrF3N3O/c1-2-9-7-8-20-14-12(9)13(16)21-22(14)10-3-5-11(6-4-10)23-15(17,18)19/h3-8H,2H2,1H3. The second kappa shape index (κ2) is 5.84. The van der Waals surface area contributed by atoms with Gasteiger partial charge >= 0.3 is 6.36 Å². The molecule has 0 aliphatic carbocycles. The second-order valence-corrected chi connectivity index (χ2v) is 5.52. The Bertz CT molecular complexity index is 844. The van der Waals surface area contributed by atoms with Crippen molar-refractivity contribution in [1.82, 2.24) is 14.8 Å². The van der Waals surface area contributed by atoms with E-state index >= 15 is 0 Å². The van der Waals surface area contributed by atoms with Crippen LogP contribution < -0.4 is 4.74 Å². The summed E-state index contributed by atoms with van der Waals surface area (Å²) >= 11 is 3.42. The normalized spacial score (nSPS) is 11.9. The van der Waals surface area contributed by atoms with Crippen molar-refractivity contribution in [2.45, 2.75) is 19.7 Å². The van der Waals surface area contributed by atoms with E-state index in [2.05, 4.69) is 30.7 Å². The van der Waals surface area contributed by atoms with E-state index in [1.807, 2.05) is 13.0 Å². The Morgan fingerprint density at radius 1 is 1.17 bits per heavy atom. The first-order valence-electron chi connectivity index (χ1n) is 6.77. The van der Waals surface area contributed by atoms with E-state index in [-0.39, 0.29) is 5.75 Å². The molecule has 0 amide bonds. The van der Waals surface area contributed by atoms with Gasteiger partial charge in [0.15, 0.2) is 5.65 Å². The molecule has 120 valence electrons. The number of halogens is 4. The minimum Gasteiger partial charge on any atom is -0.406 e. The number of aryl methyl sites for hydroxylation is 1. The number of benzene rings is 1. The zero-order valence-electron chi connectivity index (χ0n) is 11.9. The van der Waals surface area contributed by atoms with Gasteiger partial charge in [0.2, 0.25) is 0 Å². The van der Waals surface area contributed by atoms with Gasteiger partial charge in [-0.2, -0.15) is 5.10 Å². The third-order valence-corrected chi connectivity index (χ3v) is 3.86. The molecule has 3 aromatic rings. The number of hydrogen-bond acceptors (Lipinski definition) is 3. The molecule has 4 nitrogen and oxygen atoms in total. The van der Waals surface area contributed by atoms with E-state index in [9.17, 15) is 13.2 Å². The molecule has 0 fully saturated rings. The van der Waals surface area contributed by atoms with Gasteiger partial charge in [-0.05, 0) is 58.2 Å². The summed E-state index contributed by atoms with van der Waals surface area (Å²) in [6.45, 7) is 2.03. The summed E-state index contributed by atoms with van der Waals surface area (Å²) in [5, 5.41) is 5.27. The summed E-state index contributed by atoms with van der Waals surface area (Å²) in [6.07, 6.45) is -2.20. The number of fused-ring (bicyclic) bond motifs is 1. The number of pyridine rings is 1. The van der Waals surface area contributed by atoms with Crippen LogP contribution in [0.25, 0.3) is 16.7 Å². The van der Waals surface area contributed by atoms with Gasteiger partial charge in [-0.25, -0.2) is 9.67 Å². The van der Waals surface area contributed by atoms with Gasteiger partial charge < -0.3 is 4.74 Å². The van der Waals surface area contributed by atoms with Crippen molar-refractivity contribution in [1.29, 1.82) is 0 Å². The maximum atomic E-state index is 12.2. The number of ether oxygens (including phenoxy) is 1. The Morgan fingerprint density at radius 3 is 2.48 bits per heavy atom. The molecule has 0 spiro atoms. The molecule has 0 aliphatic rings. The summed E-state index contributed by atoms with van der Waals surface area (Å²) in [4.78, 5) is 4.33. The molecule has 2 aromatic heterocycles. The highest BCUT2D eigenvalue weighted by Gasteiger charge is 2.31. The molecule has 0 unspecified atom stereocenters. The number of nitrogens with zero attached hydrogens (tertiary/aromatic N) is 3. The third-order valence-electron chi connectivity index (χ3n) is 3.31. The van der Waals surface area contributed by atoms with Crippen LogP contribution in [0.5, 0.6) is 5.75 Å². The highest BCUT2D eigenvalue weighted by molar-refractivity contribution is 9.10. The number of aromatic nitrogens is 3. The Kier molecular flexibility index (Phi) is 4.01. The lowest BCUT2D eigenvalue weighted by Gasteiger charge is -2.09. The first kappa shape index (κ1) is 15.8. The SMILES string of the molecule is CCc1ccnc2c1c(Br)nn2-c1ccc(OC(F)(F)F)cc1. The van der Waals surface area contributed by atoms with Crippen molar-refractivity contribution in [3.05, 3.63) is 46.7 Å². The lowest BCUT2D eigenvalue weighted by atomic mass is 10.1. The zero-order chi connectivity index (χ0) is 16.6. The summed E-state index contributed by atoms with van der Waals surface area (Å²) in [7, 11) is 0. The van der Waals surface area contributed by atoms with Crippen LogP contribution in [0.2, 0.25) is 0 Å². The molecule has 1 aromatic carbocycles. The van der Waals surface area contributed by atoms with Gasteiger partial charge in [0.25, 0.3) is 0 Å². The topological polar surface area (TPSA) is 39.9 Å². The van der Waals surface area contributed by atoms with Crippen LogP contribution in [0, 0.1) is 0 Å². The van der Waals surface area contributed by atoms with Gasteiger partial charge in [-0.1, -0.05) is 6.92 Å². The van der Waals surface area contributed by atoms with Crippen molar-refractivity contribution >= 4 is 27.0 Å². The highest BCUT2D eigenvalue weighted by Crippen LogP contribution is 2.29. The van der Waals surface area contributed by atoms with Crippen LogP contribution in [-0.2, 0) is 6.42 Å². The van der Waals surface area contributed by atoms with Gasteiger partial charge in [0.05, 0.1) is 11.1 Å². The van der Waals surface area contributed by atoms with Crippen LogP contribution >= 0.6 is 15.9 Å². The predicted molar refractivity (Wildman–Crippen MR) is 82.6 cm³/mol. The highest BCUT2D eigenvalue weighted by atomic mass is 79.9. The Morgan fingerprint density at radius 2 is 1.87 bits per heavy atom. The second-order valence-electron chi connectivity index (χ2n) is 4.77. The van der Waals surface area contributed by atoms with Crippen molar-refractivity contribution in [3.63, 3.8) is 0 Å². The molecular weight excluding hydrogens is 375 g/mol. The molecule has 0 N–H and O–H groups in total. The van der Waals surface area contributed by atoms with E-state index in [4.69, 9.17) is 0 Å². The fourth-order valence-electron chi connectivity index (χ4n) is 2.32. The lowest BCUT2D eigenvalue weighted by Crippen LogP contribution is -2.17. The maximum Gasteiger partial charge on any atom is 0.573 e. The maximum absolute atomic E-state index is 12.2. The van der Waals surface area contributed by atoms with Gasteiger partial charge in [-0.3, -0.25) is 0 Å². The number of hydrogen-bond donors (Lipinski definition) is 0. The molecule has 0 bridgehead atoms. The van der Waals surface area contributed by atoms with Gasteiger partial charge in [0, 0.05) is 6.20 Å². The molecule has 0 atom stereocenters. The first-order valence-corrected chi connectivity index (χ1v) is 7.56. The lowest BCUT2D eigenvalue weighted by molar-refractivity contribution is -0.274. The van der Waals surface area contributed by atoms with E-state index in [1.165, 1.54) is 24.3 Å². The van der Waals surface area contributed by atoms with Crippen molar-refractivity contribution < 1.29 is 17.9 Å². The fourth-order valence-corrected chi connectivity index (χ4v) is 2.91. The monoisotopic (exact) mass is 385 g/mol. The minimum atomic E-state index is -4.71. The number of rotatable bonds is 3. The van der Waals surface area contributed by atoms with Crippen LogP contribution in [0.1, 0.15) is 12.5 Å². The predicted octanol–water partition coefficient (Wildman–Crippen LogP) is 4.64. The summed E-state index contributed by atoms with van der Waals surface area (Å²) in [5.74, 6) is -0.279. The number of alkyl halides is 3. The fraction of sp³-hybridized carbons (Fsp3) is 0.200. The van der Waals surface area contributed by atoms with Gasteiger partial charge in [-0.15, -0.1) is 13.2 Å². The van der Waals surface area contributed by atoms with E-state index < -0.39 is 6.36 Å². The molecule has 3 rings (SSSR count). The summed E-state index contributed by atoms with van der Waals surface area (Å²) < 4.78 is 42.7. The Hall–Kier alpha value is -2.09. The smallest absolute Gasteiger partial charge is 0.406 e. The summed E-state index contributed by atoms with van der Waals surface area (Å²) in [5.41, 5.74) is 2.32. The molecular formula is C15H11BrF3N3O.